The first-order chi connectivity index (χ1) is 11.6. The molecule has 0 spiro atoms. The van der Waals surface area contributed by atoms with Gasteiger partial charge in [-0.1, -0.05) is 12.1 Å². The first-order valence-electron chi connectivity index (χ1n) is 8.43. The van der Waals surface area contributed by atoms with Gasteiger partial charge in [-0.2, -0.15) is 0 Å². The van der Waals surface area contributed by atoms with Gasteiger partial charge in [0, 0.05) is 38.1 Å². The second kappa shape index (κ2) is 6.69. The van der Waals surface area contributed by atoms with Crippen LogP contribution in [0.5, 0.6) is 5.75 Å². The first kappa shape index (κ1) is 17.8. The number of pyridine rings is 1. The Balaban J connectivity index is 0.00000182. The van der Waals surface area contributed by atoms with E-state index >= 15 is 0 Å². The number of aryl methyl sites for hydroxylation is 2. The second-order valence-electron chi connectivity index (χ2n) is 6.69. The van der Waals surface area contributed by atoms with Gasteiger partial charge in [-0.15, -0.1) is 12.4 Å². The van der Waals surface area contributed by atoms with E-state index in [-0.39, 0.29) is 35.2 Å². The zero-order chi connectivity index (χ0) is 16.8. The molecule has 6 nitrogen and oxygen atoms in total. The molecule has 25 heavy (non-hydrogen) atoms. The van der Waals surface area contributed by atoms with E-state index in [0.717, 1.165) is 37.0 Å². The van der Waals surface area contributed by atoms with Crippen molar-refractivity contribution in [3.8, 4) is 5.75 Å². The monoisotopic (exact) mass is 363 g/mol. The molecule has 1 saturated heterocycles. The Bertz CT molecular complexity index is 885. The van der Waals surface area contributed by atoms with Crippen LogP contribution in [0.2, 0.25) is 0 Å². The van der Waals surface area contributed by atoms with Gasteiger partial charge >= 0.3 is 0 Å². The lowest BCUT2D eigenvalue weighted by molar-refractivity contribution is 0.0659. The van der Waals surface area contributed by atoms with Crippen LogP contribution in [-0.4, -0.2) is 58.6 Å². The fourth-order valence-corrected chi connectivity index (χ4v) is 3.78. The van der Waals surface area contributed by atoms with Gasteiger partial charge < -0.3 is 19.5 Å². The minimum absolute atomic E-state index is 0. The van der Waals surface area contributed by atoms with Gasteiger partial charge in [-0.3, -0.25) is 9.59 Å². The molecule has 2 aromatic rings. The number of hydrogen-bond donors (Lipinski definition) is 1. The number of para-hydroxylation sites is 1. The molecule has 0 radical (unpaired) electrons. The number of aromatic hydroxyl groups is 1. The van der Waals surface area contributed by atoms with Gasteiger partial charge in [-0.25, -0.2) is 0 Å². The summed E-state index contributed by atoms with van der Waals surface area (Å²) in [6.07, 6.45) is 1.76. The van der Waals surface area contributed by atoms with Crippen LogP contribution in [0, 0.1) is 0 Å². The van der Waals surface area contributed by atoms with Gasteiger partial charge in [0.1, 0.15) is 11.3 Å². The molecule has 134 valence electrons. The predicted octanol–water partition coefficient (Wildman–Crippen LogP) is 1.46. The largest absolute Gasteiger partial charge is 0.506 e. The summed E-state index contributed by atoms with van der Waals surface area (Å²) >= 11 is 0. The van der Waals surface area contributed by atoms with Crippen LogP contribution in [0.15, 0.2) is 23.0 Å². The van der Waals surface area contributed by atoms with Crippen LogP contribution in [0.1, 0.15) is 22.3 Å². The summed E-state index contributed by atoms with van der Waals surface area (Å²) in [5.41, 5.74) is 1.40. The molecule has 0 saturated carbocycles. The van der Waals surface area contributed by atoms with E-state index in [1.165, 1.54) is 0 Å². The predicted molar refractivity (Wildman–Crippen MR) is 98.8 cm³/mol. The molecule has 1 aromatic carbocycles. The van der Waals surface area contributed by atoms with E-state index in [0.29, 0.717) is 25.0 Å². The quantitative estimate of drug-likeness (QED) is 0.833. The van der Waals surface area contributed by atoms with Gasteiger partial charge in [0.05, 0.1) is 5.52 Å². The Hall–Kier alpha value is -2.05. The highest BCUT2D eigenvalue weighted by Crippen LogP contribution is 2.32. The third kappa shape index (κ3) is 2.79. The number of benzene rings is 1. The molecule has 2 aliphatic heterocycles. The third-order valence-corrected chi connectivity index (χ3v) is 5.17. The van der Waals surface area contributed by atoms with Crippen LogP contribution in [0.25, 0.3) is 10.9 Å². The van der Waals surface area contributed by atoms with Crippen molar-refractivity contribution in [1.29, 1.82) is 0 Å². The highest BCUT2D eigenvalue weighted by atomic mass is 35.5. The van der Waals surface area contributed by atoms with E-state index in [1.54, 1.807) is 15.5 Å². The van der Waals surface area contributed by atoms with Crippen molar-refractivity contribution in [1.82, 2.24) is 14.4 Å². The topological polar surface area (TPSA) is 65.8 Å². The van der Waals surface area contributed by atoms with E-state index in [2.05, 4.69) is 4.90 Å². The lowest BCUT2D eigenvalue weighted by atomic mass is 9.99. The normalized spacial score (nSPS) is 17.4. The Kier molecular flexibility index (Phi) is 4.75. The minimum Gasteiger partial charge on any atom is -0.506 e. The molecule has 7 heteroatoms. The average molecular weight is 364 g/mol. The highest BCUT2D eigenvalue weighted by Gasteiger charge is 2.29. The Morgan fingerprint density at radius 1 is 1.12 bits per heavy atom. The summed E-state index contributed by atoms with van der Waals surface area (Å²) in [6, 6.07) is 5.65. The Morgan fingerprint density at radius 2 is 1.84 bits per heavy atom. The molecule has 0 aliphatic carbocycles. The van der Waals surface area contributed by atoms with Crippen molar-refractivity contribution in [2.24, 2.45) is 0 Å². The molecular formula is C18H22ClN3O3. The summed E-state index contributed by atoms with van der Waals surface area (Å²) in [5, 5.41) is 11.3. The van der Waals surface area contributed by atoms with Gasteiger partial charge in [0.15, 0.2) is 0 Å². The molecule has 1 aromatic heterocycles. The smallest absolute Gasteiger partial charge is 0.267 e. The van der Waals surface area contributed by atoms with Crippen molar-refractivity contribution in [2.45, 2.75) is 19.4 Å². The summed E-state index contributed by atoms with van der Waals surface area (Å²) in [4.78, 5) is 29.6. The molecule has 1 amide bonds. The summed E-state index contributed by atoms with van der Waals surface area (Å²) in [5.74, 6) is -0.522. The number of likely N-dealkylation sites (N-methyl/N-ethyl adjacent to an activating group) is 1. The van der Waals surface area contributed by atoms with E-state index in [9.17, 15) is 14.7 Å². The number of nitrogens with zero attached hydrogens (tertiary/aromatic N) is 3. The van der Waals surface area contributed by atoms with Crippen LogP contribution in [0.4, 0.5) is 0 Å². The van der Waals surface area contributed by atoms with Gasteiger partial charge in [0.25, 0.3) is 11.5 Å². The Morgan fingerprint density at radius 3 is 2.56 bits per heavy atom. The summed E-state index contributed by atoms with van der Waals surface area (Å²) in [7, 11) is 2.01. The van der Waals surface area contributed by atoms with Crippen LogP contribution < -0.4 is 5.56 Å². The number of aromatic nitrogens is 1. The molecule has 0 bridgehead atoms. The maximum absolute atomic E-state index is 12.9. The molecule has 1 N–H and O–H groups in total. The van der Waals surface area contributed by atoms with E-state index in [4.69, 9.17) is 0 Å². The Labute approximate surface area is 152 Å². The molecule has 2 aliphatic rings. The molecule has 0 unspecified atom stereocenters. The van der Waals surface area contributed by atoms with Crippen LogP contribution in [-0.2, 0) is 13.0 Å². The molecule has 3 heterocycles. The number of hydrogen-bond acceptors (Lipinski definition) is 4. The van der Waals surface area contributed by atoms with Gasteiger partial charge in [-0.05, 0) is 31.5 Å². The fraction of sp³-hybridized carbons (Fsp3) is 0.444. The minimum atomic E-state index is -0.365. The van der Waals surface area contributed by atoms with Crippen molar-refractivity contribution in [3.63, 3.8) is 0 Å². The van der Waals surface area contributed by atoms with E-state index < -0.39 is 0 Å². The SMILES string of the molecule is CN1CCN(C(=O)c2c(O)c3cccc4c3n(c2=O)CCC4)CC1.Cl. The third-order valence-electron chi connectivity index (χ3n) is 5.17. The average Bonchev–Trinajstić information content (AvgIpc) is 2.60. The van der Waals surface area contributed by atoms with Crippen LogP contribution >= 0.6 is 12.4 Å². The number of rotatable bonds is 1. The number of halogens is 1. The number of amides is 1. The zero-order valence-corrected chi connectivity index (χ0v) is 15.0. The molecule has 4 rings (SSSR count). The summed E-state index contributed by atoms with van der Waals surface area (Å²) in [6.45, 7) is 3.30. The molecule has 0 atom stereocenters. The number of carbonyl (C=O) groups is 1. The van der Waals surface area contributed by atoms with Crippen LogP contribution in [0.3, 0.4) is 0 Å². The molecular weight excluding hydrogens is 342 g/mol. The first-order valence-corrected chi connectivity index (χ1v) is 8.43. The highest BCUT2D eigenvalue weighted by molar-refractivity contribution is 6.03. The lowest BCUT2D eigenvalue weighted by Crippen LogP contribution is -2.48. The lowest BCUT2D eigenvalue weighted by Gasteiger charge is -2.32. The molecule has 1 fully saturated rings. The fourth-order valence-electron chi connectivity index (χ4n) is 3.78. The van der Waals surface area contributed by atoms with E-state index in [1.807, 2.05) is 19.2 Å². The van der Waals surface area contributed by atoms with Gasteiger partial charge in [0.2, 0.25) is 0 Å². The van der Waals surface area contributed by atoms with Crippen molar-refractivity contribution in [2.75, 3.05) is 33.2 Å². The second-order valence-corrected chi connectivity index (χ2v) is 6.69. The van der Waals surface area contributed by atoms with Crippen molar-refractivity contribution < 1.29 is 9.90 Å². The maximum Gasteiger partial charge on any atom is 0.267 e. The number of piperazine rings is 1. The number of carbonyl (C=O) groups excluding carboxylic acids is 1. The van der Waals surface area contributed by atoms with Crippen molar-refractivity contribution in [3.05, 3.63) is 39.7 Å². The van der Waals surface area contributed by atoms with Crippen molar-refractivity contribution >= 4 is 29.2 Å². The summed E-state index contributed by atoms with van der Waals surface area (Å²) < 4.78 is 1.66. The maximum atomic E-state index is 12.9. The standard InChI is InChI=1S/C18H21N3O3.ClH/c1-19-8-10-20(11-9-19)17(23)14-16(22)13-6-2-4-12-5-3-7-21(15(12)13)18(14)24;/h2,4,6,22H,3,5,7-11H2,1H3;1H. The zero-order valence-electron chi connectivity index (χ0n) is 14.2.